The van der Waals surface area contributed by atoms with Crippen molar-refractivity contribution in [2.45, 2.75) is 18.0 Å². The van der Waals surface area contributed by atoms with Crippen molar-refractivity contribution in [3.05, 3.63) is 54.0 Å². The zero-order chi connectivity index (χ0) is 14.5. The van der Waals surface area contributed by atoms with Crippen molar-refractivity contribution in [3.63, 3.8) is 0 Å². The highest BCUT2D eigenvalue weighted by molar-refractivity contribution is 7.98. The molecule has 4 heteroatoms. The largest absolute Gasteiger partial charge is 0.463 e. The van der Waals surface area contributed by atoms with E-state index in [4.69, 9.17) is 4.42 Å². The van der Waals surface area contributed by atoms with E-state index < -0.39 is 0 Å². The van der Waals surface area contributed by atoms with Crippen LogP contribution in [-0.4, -0.2) is 32.4 Å². The highest BCUT2D eigenvalue weighted by atomic mass is 32.2. The molecule has 112 valence electrons. The molecular formula is C17H24N2OS+2. The number of furan rings is 1. The van der Waals surface area contributed by atoms with Gasteiger partial charge in [0.2, 0.25) is 0 Å². The number of rotatable bonds is 5. The van der Waals surface area contributed by atoms with E-state index in [-0.39, 0.29) is 0 Å². The Labute approximate surface area is 130 Å². The molecule has 3 rings (SSSR count). The fourth-order valence-corrected chi connectivity index (χ4v) is 3.41. The number of thioether (sulfide) groups is 1. The number of hydrogen-bond acceptors (Lipinski definition) is 2. The van der Waals surface area contributed by atoms with Gasteiger partial charge in [0.05, 0.1) is 6.26 Å². The van der Waals surface area contributed by atoms with Crippen LogP contribution < -0.4 is 9.80 Å². The summed E-state index contributed by atoms with van der Waals surface area (Å²) >= 11 is 1.81. The average Bonchev–Trinajstić information content (AvgIpc) is 3.03. The van der Waals surface area contributed by atoms with E-state index in [1.165, 1.54) is 36.6 Å². The second kappa shape index (κ2) is 7.16. The van der Waals surface area contributed by atoms with E-state index in [0.717, 1.165) is 18.8 Å². The second-order valence-electron chi connectivity index (χ2n) is 5.78. The van der Waals surface area contributed by atoms with Gasteiger partial charge >= 0.3 is 0 Å². The van der Waals surface area contributed by atoms with E-state index in [0.29, 0.717) is 0 Å². The molecule has 1 aromatic heterocycles. The third-order valence-corrected chi connectivity index (χ3v) is 5.03. The van der Waals surface area contributed by atoms with Gasteiger partial charge in [0.25, 0.3) is 0 Å². The van der Waals surface area contributed by atoms with E-state index in [1.807, 2.05) is 6.07 Å². The first-order valence-electron chi connectivity index (χ1n) is 7.66. The quantitative estimate of drug-likeness (QED) is 0.785. The number of piperazine rings is 1. The molecule has 21 heavy (non-hydrogen) atoms. The molecule has 0 aliphatic carbocycles. The van der Waals surface area contributed by atoms with Gasteiger partial charge in [-0.15, -0.1) is 11.8 Å². The predicted octanol–water partition coefficient (Wildman–Crippen LogP) is 0.485. The lowest BCUT2D eigenvalue weighted by molar-refractivity contribution is -1.02. The van der Waals surface area contributed by atoms with Crippen molar-refractivity contribution in [1.29, 1.82) is 0 Å². The molecule has 0 radical (unpaired) electrons. The number of benzene rings is 1. The molecule has 0 bridgehead atoms. The Kier molecular flexibility index (Phi) is 5.01. The highest BCUT2D eigenvalue weighted by Gasteiger charge is 2.23. The number of hydrogen-bond donors (Lipinski definition) is 2. The first-order chi connectivity index (χ1) is 10.3. The molecule has 3 nitrogen and oxygen atoms in total. The van der Waals surface area contributed by atoms with Crippen LogP contribution in [0.3, 0.4) is 0 Å². The Morgan fingerprint density at radius 3 is 2.19 bits per heavy atom. The van der Waals surface area contributed by atoms with E-state index in [9.17, 15) is 0 Å². The van der Waals surface area contributed by atoms with Crippen molar-refractivity contribution in [1.82, 2.24) is 0 Å². The Morgan fingerprint density at radius 1 is 0.952 bits per heavy atom. The zero-order valence-corrected chi connectivity index (χ0v) is 13.4. The summed E-state index contributed by atoms with van der Waals surface area (Å²) in [7, 11) is 0. The van der Waals surface area contributed by atoms with Crippen LogP contribution >= 0.6 is 11.8 Å². The SMILES string of the molecule is CSc1ccc(C[NH+]2CC[NH+](Cc3ccco3)CC2)cc1. The van der Waals surface area contributed by atoms with Crippen molar-refractivity contribution in [2.75, 3.05) is 32.4 Å². The first-order valence-corrected chi connectivity index (χ1v) is 8.88. The molecule has 2 heterocycles. The third kappa shape index (κ3) is 4.13. The van der Waals surface area contributed by atoms with Crippen molar-refractivity contribution >= 4 is 11.8 Å². The molecule has 1 aliphatic rings. The maximum Gasteiger partial charge on any atom is 0.157 e. The topological polar surface area (TPSA) is 22.0 Å². The van der Waals surface area contributed by atoms with Gasteiger partial charge in [-0.2, -0.15) is 0 Å². The van der Waals surface area contributed by atoms with Crippen LogP contribution in [0.15, 0.2) is 52.0 Å². The van der Waals surface area contributed by atoms with Gasteiger partial charge in [0.15, 0.2) is 5.76 Å². The van der Waals surface area contributed by atoms with Gasteiger partial charge in [-0.1, -0.05) is 12.1 Å². The molecule has 1 aliphatic heterocycles. The molecule has 2 aromatic rings. The molecule has 2 N–H and O–H groups in total. The molecule has 0 saturated carbocycles. The monoisotopic (exact) mass is 304 g/mol. The fraction of sp³-hybridized carbons (Fsp3) is 0.412. The van der Waals surface area contributed by atoms with Crippen LogP contribution in [0, 0.1) is 0 Å². The Morgan fingerprint density at radius 2 is 1.62 bits per heavy atom. The maximum absolute atomic E-state index is 5.45. The van der Waals surface area contributed by atoms with Gasteiger partial charge in [0, 0.05) is 10.5 Å². The summed E-state index contributed by atoms with van der Waals surface area (Å²) in [5.41, 5.74) is 1.46. The molecule has 0 amide bonds. The van der Waals surface area contributed by atoms with Crippen LogP contribution in [0.5, 0.6) is 0 Å². The molecule has 1 saturated heterocycles. The van der Waals surface area contributed by atoms with Gasteiger partial charge in [-0.05, 0) is 30.5 Å². The van der Waals surface area contributed by atoms with Crippen molar-refractivity contribution < 1.29 is 14.2 Å². The number of quaternary nitrogens is 2. The minimum Gasteiger partial charge on any atom is -0.463 e. The highest BCUT2D eigenvalue weighted by Crippen LogP contribution is 2.14. The lowest BCUT2D eigenvalue weighted by Gasteiger charge is -2.29. The summed E-state index contributed by atoms with van der Waals surface area (Å²) in [5.74, 6) is 1.11. The second-order valence-corrected chi connectivity index (χ2v) is 6.66. The smallest absolute Gasteiger partial charge is 0.157 e. The van der Waals surface area contributed by atoms with Crippen LogP contribution in [-0.2, 0) is 13.1 Å². The first kappa shape index (κ1) is 14.7. The van der Waals surface area contributed by atoms with Crippen LogP contribution in [0.2, 0.25) is 0 Å². The van der Waals surface area contributed by atoms with Crippen LogP contribution in [0.1, 0.15) is 11.3 Å². The summed E-state index contributed by atoms with van der Waals surface area (Å²) in [6.07, 6.45) is 3.90. The van der Waals surface area contributed by atoms with Gasteiger partial charge in [-0.3, -0.25) is 0 Å². The minimum atomic E-state index is 1.03. The maximum atomic E-state index is 5.45. The van der Waals surface area contributed by atoms with E-state index in [1.54, 1.807) is 27.8 Å². The van der Waals surface area contributed by atoms with Gasteiger partial charge < -0.3 is 14.2 Å². The standard InChI is InChI=1S/C17H22N2OS/c1-21-17-6-4-15(5-7-17)13-18-8-10-19(11-9-18)14-16-3-2-12-20-16/h2-7,12H,8-11,13-14H2,1H3/p+2. The van der Waals surface area contributed by atoms with Crippen molar-refractivity contribution in [2.24, 2.45) is 0 Å². The molecule has 1 aromatic carbocycles. The van der Waals surface area contributed by atoms with E-state index in [2.05, 4.69) is 36.6 Å². The summed E-state index contributed by atoms with van der Waals surface area (Å²) in [5, 5.41) is 0. The Balaban J connectivity index is 1.46. The van der Waals surface area contributed by atoms with Crippen LogP contribution in [0.4, 0.5) is 0 Å². The molecule has 0 unspecified atom stereocenters. The molecule has 0 spiro atoms. The molecular weight excluding hydrogens is 280 g/mol. The third-order valence-electron chi connectivity index (χ3n) is 4.28. The summed E-state index contributed by atoms with van der Waals surface area (Å²) in [6, 6.07) is 13.1. The van der Waals surface area contributed by atoms with E-state index >= 15 is 0 Å². The fourth-order valence-electron chi connectivity index (χ4n) is 3.00. The van der Waals surface area contributed by atoms with Crippen molar-refractivity contribution in [3.8, 4) is 0 Å². The normalized spacial score (nSPS) is 22.3. The lowest BCUT2D eigenvalue weighted by atomic mass is 10.2. The number of nitrogens with one attached hydrogen (secondary N) is 2. The Hall–Kier alpha value is -1.23. The Bertz CT molecular complexity index is 530. The molecule has 1 fully saturated rings. The van der Waals surface area contributed by atoms with Gasteiger partial charge in [0.1, 0.15) is 39.3 Å². The zero-order valence-electron chi connectivity index (χ0n) is 12.6. The molecule has 0 atom stereocenters. The summed E-state index contributed by atoms with van der Waals surface area (Å²) in [4.78, 5) is 4.70. The lowest BCUT2D eigenvalue weighted by Crippen LogP contribution is -3.27. The van der Waals surface area contributed by atoms with Gasteiger partial charge in [-0.25, -0.2) is 0 Å². The predicted molar refractivity (Wildman–Crippen MR) is 85.7 cm³/mol. The summed E-state index contributed by atoms with van der Waals surface area (Å²) in [6.45, 7) is 7.16. The summed E-state index contributed by atoms with van der Waals surface area (Å²) < 4.78 is 5.45. The average molecular weight is 304 g/mol. The minimum absolute atomic E-state index is 1.03. The van der Waals surface area contributed by atoms with Crippen LogP contribution in [0.25, 0.3) is 0 Å².